The van der Waals surface area contributed by atoms with Crippen molar-refractivity contribution in [3.05, 3.63) is 95.5 Å². The van der Waals surface area contributed by atoms with Gasteiger partial charge in [0.15, 0.2) is 0 Å². The molecule has 0 bridgehead atoms. The van der Waals surface area contributed by atoms with Gasteiger partial charge in [0.25, 0.3) is 0 Å². The van der Waals surface area contributed by atoms with Crippen molar-refractivity contribution in [3.8, 4) is 16.9 Å². The molecule has 0 radical (unpaired) electrons. The summed E-state index contributed by atoms with van der Waals surface area (Å²) in [5.74, 6) is -0.0809. The largest absolute Gasteiger partial charge is 0.493 e. The third-order valence-electron chi connectivity index (χ3n) is 8.18. The summed E-state index contributed by atoms with van der Waals surface area (Å²) >= 11 is 0. The van der Waals surface area contributed by atoms with E-state index in [1.807, 2.05) is 57.8 Å². The van der Waals surface area contributed by atoms with Crippen LogP contribution < -0.4 is 4.74 Å². The molecule has 0 fully saturated rings. The van der Waals surface area contributed by atoms with E-state index in [4.69, 9.17) is 14.6 Å². The molecule has 3 aromatic carbocycles. The second-order valence-corrected chi connectivity index (χ2v) is 11.3. The quantitative estimate of drug-likeness (QED) is 0.163. The number of aromatic nitrogens is 3. The summed E-state index contributed by atoms with van der Waals surface area (Å²) in [6.45, 7) is 5.45. The van der Waals surface area contributed by atoms with Crippen LogP contribution in [0.1, 0.15) is 33.9 Å². The average molecular weight is 579 g/mol. The zero-order valence-corrected chi connectivity index (χ0v) is 25.0. The first kappa shape index (κ1) is 28.7. The molecule has 1 aliphatic heterocycles. The number of para-hydroxylation sites is 1. The molecule has 0 unspecified atom stereocenters. The lowest BCUT2D eigenvalue weighted by molar-refractivity contribution is 0.0685. The molecule has 0 saturated carbocycles. The third-order valence-corrected chi connectivity index (χ3v) is 8.18. The summed E-state index contributed by atoms with van der Waals surface area (Å²) in [5, 5.41) is 18.7. The van der Waals surface area contributed by atoms with Crippen molar-refractivity contribution in [1.82, 2.24) is 19.2 Å². The standard InChI is InChI=1S/C35H38N4O4/c1-24-32-29-15-9-14-27-28(16-10-22-43-31-17-8-12-25-11-4-5-13-26(25)31)34(35(40)41)38(33(27)29)18-6-7-21-42-23-30(32)36-39(24)20-19-37(2)3/h4-9,11-15,17H,10,16,18-23H2,1-3H3,(H,40,41)/b7-6-. The maximum absolute atomic E-state index is 12.9. The number of allylic oxidation sites excluding steroid dienone is 1. The molecule has 222 valence electrons. The highest BCUT2D eigenvalue weighted by Gasteiger charge is 2.27. The van der Waals surface area contributed by atoms with Crippen LogP contribution >= 0.6 is 0 Å². The Kier molecular flexibility index (Phi) is 8.31. The van der Waals surface area contributed by atoms with Gasteiger partial charge in [0.05, 0.1) is 37.6 Å². The molecule has 8 heteroatoms. The maximum atomic E-state index is 12.9. The number of hydrogen-bond acceptors (Lipinski definition) is 5. The van der Waals surface area contributed by atoms with E-state index in [-0.39, 0.29) is 0 Å². The fourth-order valence-corrected chi connectivity index (χ4v) is 6.16. The number of hydrogen-bond donors (Lipinski definition) is 1. The van der Waals surface area contributed by atoms with E-state index in [1.54, 1.807) is 0 Å². The topological polar surface area (TPSA) is 81.8 Å². The monoisotopic (exact) mass is 578 g/mol. The van der Waals surface area contributed by atoms with E-state index in [2.05, 4.69) is 50.2 Å². The van der Waals surface area contributed by atoms with Gasteiger partial charge >= 0.3 is 5.97 Å². The lowest BCUT2D eigenvalue weighted by atomic mass is 9.98. The molecule has 0 atom stereocenters. The van der Waals surface area contributed by atoms with Crippen molar-refractivity contribution in [1.29, 1.82) is 0 Å². The normalized spacial score (nSPS) is 14.1. The first-order chi connectivity index (χ1) is 20.9. The highest BCUT2D eigenvalue weighted by atomic mass is 16.5. The fraction of sp³-hybridized carbons (Fsp3) is 0.314. The number of carboxylic acid groups (broad SMARTS) is 1. The van der Waals surface area contributed by atoms with Crippen molar-refractivity contribution in [3.63, 3.8) is 0 Å². The predicted molar refractivity (Wildman–Crippen MR) is 170 cm³/mol. The average Bonchev–Trinajstić information content (AvgIpc) is 3.48. The maximum Gasteiger partial charge on any atom is 0.352 e. The van der Waals surface area contributed by atoms with Crippen molar-refractivity contribution in [2.75, 3.05) is 33.9 Å². The molecule has 0 aliphatic carbocycles. The summed E-state index contributed by atoms with van der Waals surface area (Å²) in [4.78, 5) is 15.0. The molecule has 0 amide bonds. The van der Waals surface area contributed by atoms with Crippen LogP contribution in [0, 0.1) is 6.92 Å². The van der Waals surface area contributed by atoms with Gasteiger partial charge in [-0.1, -0.05) is 66.7 Å². The Morgan fingerprint density at radius 2 is 1.84 bits per heavy atom. The molecular formula is C35H38N4O4. The van der Waals surface area contributed by atoms with Crippen LogP contribution in [0.5, 0.6) is 5.75 Å². The lowest BCUT2D eigenvalue weighted by Crippen LogP contribution is -2.19. The van der Waals surface area contributed by atoms with Crippen LogP contribution in [0.4, 0.5) is 0 Å². The highest BCUT2D eigenvalue weighted by Crippen LogP contribution is 2.38. The van der Waals surface area contributed by atoms with Gasteiger partial charge in [-0.15, -0.1) is 0 Å². The molecule has 0 saturated heterocycles. The van der Waals surface area contributed by atoms with Gasteiger partial charge in [-0.3, -0.25) is 4.68 Å². The Morgan fingerprint density at radius 3 is 2.67 bits per heavy atom. The molecule has 1 aliphatic rings. The highest BCUT2D eigenvalue weighted by molar-refractivity contribution is 6.04. The minimum absolute atomic E-state index is 0.330. The van der Waals surface area contributed by atoms with Crippen LogP contribution in [0.15, 0.2) is 72.8 Å². The number of aryl methyl sites for hydroxylation is 1. The van der Waals surface area contributed by atoms with Crippen LogP contribution in [-0.2, 0) is 30.9 Å². The van der Waals surface area contributed by atoms with Gasteiger partial charge in [0.1, 0.15) is 11.4 Å². The summed E-state index contributed by atoms with van der Waals surface area (Å²) < 4.78 is 16.2. The fourth-order valence-electron chi connectivity index (χ4n) is 6.16. The number of ether oxygens (including phenoxy) is 2. The van der Waals surface area contributed by atoms with Crippen molar-refractivity contribution in [2.24, 2.45) is 0 Å². The molecule has 43 heavy (non-hydrogen) atoms. The Balaban J connectivity index is 1.40. The Bertz CT molecular complexity index is 1810. The van der Waals surface area contributed by atoms with Gasteiger partial charge in [0.2, 0.25) is 0 Å². The third kappa shape index (κ3) is 5.68. The minimum Gasteiger partial charge on any atom is -0.493 e. The molecule has 6 rings (SSSR count). The molecule has 3 heterocycles. The SMILES string of the molecule is Cc1c2c(nn1CCN(C)C)COC/C=C\Cn1c(C(=O)O)c(CCCOc3cccc4ccccc34)c3cccc-2c31. The second-order valence-electron chi connectivity index (χ2n) is 11.3. The lowest BCUT2D eigenvalue weighted by Gasteiger charge is -2.12. The predicted octanol–water partition coefficient (Wildman–Crippen LogP) is 6.32. The number of benzene rings is 3. The van der Waals surface area contributed by atoms with E-state index >= 15 is 0 Å². The van der Waals surface area contributed by atoms with Crippen molar-refractivity contribution < 1.29 is 19.4 Å². The molecule has 5 aromatic rings. The Morgan fingerprint density at radius 1 is 1.05 bits per heavy atom. The molecule has 1 N–H and O–H groups in total. The van der Waals surface area contributed by atoms with E-state index in [1.165, 1.54) is 0 Å². The van der Waals surface area contributed by atoms with Crippen LogP contribution in [-0.4, -0.2) is 64.2 Å². The number of nitrogens with zero attached hydrogens (tertiary/aromatic N) is 4. The Labute approximate surface area is 251 Å². The van der Waals surface area contributed by atoms with E-state index in [9.17, 15) is 9.90 Å². The minimum atomic E-state index is -0.926. The van der Waals surface area contributed by atoms with Gasteiger partial charge in [-0.25, -0.2) is 4.79 Å². The van der Waals surface area contributed by atoms with E-state index in [0.717, 1.165) is 68.6 Å². The molecular weight excluding hydrogens is 540 g/mol. The van der Waals surface area contributed by atoms with E-state index < -0.39 is 5.97 Å². The summed E-state index contributed by atoms with van der Waals surface area (Å²) in [6.07, 6.45) is 5.21. The first-order valence-electron chi connectivity index (χ1n) is 14.9. The number of carboxylic acids is 1. The van der Waals surface area contributed by atoms with Gasteiger partial charge in [-0.2, -0.15) is 5.10 Å². The first-order valence-corrected chi connectivity index (χ1v) is 14.9. The number of fused-ring (bicyclic) bond motifs is 3. The Hall–Kier alpha value is -4.40. The smallest absolute Gasteiger partial charge is 0.352 e. The number of likely N-dealkylation sites (N-methyl/N-ethyl adjacent to an activating group) is 1. The second kappa shape index (κ2) is 12.5. The summed E-state index contributed by atoms with van der Waals surface area (Å²) in [7, 11) is 4.11. The summed E-state index contributed by atoms with van der Waals surface area (Å²) in [5.41, 5.74) is 6.02. The van der Waals surface area contributed by atoms with Crippen LogP contribution in [0.3, 0.4) is 0 Å². The molecule has 8 nitrogen and oxygen atoms in total. The molecule has 0 spiro atoms. The number of carbonyl (C=O) groups is 1. The van der Waals surface area contributed by atoms with Gasteiger partial charge < -0.3 is 24.0 Å². The van der Waals surface area contributed by atoms with Gasteiger partial charge in [-0.05, 0) is 50.9 Å². The number of rotatable bonds is 9. The van der Waals surface area contributed by atoms with Crippen molar-refractivity contribution >= 4 is 27.6 Å². The van der Waals surface area contributed by atoms with E-state index in [0.29, 0.717) is 44.9 Å². The molecule has 2 aromatic heterocycles. The zero-order valence-electron chi connectivity index (χ0n) is 25.0. The van der Waals surface area contributed by atoms with Crippen LogP contribution in [0.25, 0.3) is 32.8 Å². The van der Waals surface area contributed by atoms with Crippen molar-refractivity contribution in [2.45, 2.75) is 39.5 Å². The van der Waals surface area contributed by atoms with Gasteiger partial charge in [0, 0.05) is 40.7 Å². The van der Waals surface area contributed by atoms with Crippen LogP contribution in [0.2, 0.25) is 0 Å². The zero-order chi connectivity index (χ0) is 29.9. The summed E-state index contributed by atoms with van der Waals surface area (Å²) in [6, 6.07) is 20.4. The number of aromatic carboxylic acids is 1.